The third kappa shape index (κ3) is 3.90. The molecule has 0 amide bonds. The number of thiazole rings is 1. The normalized spacial score (nSPS) is 11.5. The first-order valence-electron chi connectivity index (χ1n) is 6.78. The van der Waals surface area contributed by atoms with Gasteiger partial charge < -0.3 is 10.2 Å². The Morgan fingerprint density at radius 2 is 1.78 bits per heavy atom. The molecule has 0 aliphatic carbocycles. The summed E-state index contributed by atoms with van der Waals surface area (Å²) in [5.74, 6) is -2.87. The average Bonchev–Trinajstić information content (AvgIpc) is 3.22. The second-order valence-corrected chi connectivity index (χ2v) is 7.00. The Morgan fingerprint density at radius 3 is 2.30 bits per heavy atom. The molecule has 0 spiro atoms. The molecule has 0 atom stereocenters. The lowest BCUT2D eigenvalue weighted by atomic mass is 10.2. The molecule has 2 heterocycles. The van der Waals surface area contributed by atoms with Gasteiger partial charge in [-0.15, -0.1) is 5.10 Å². The number of aromatic nitrogens is 5. The topological polar surface area (TPSA) is 131 Å². The number of halogens is 3. The van der Waals surface area contributed by atoms with E-state index in [1.807, 2.05) is 0 Å². The molecule has 27 heavy (non-hydrogen) atoms. The van der Waals surface area contributed by atoms with Gasteiger partial charge in [0.1, 0.15) is 4.88 Å². The Balaban J connectivity index is 1.93. The minimum absolute atomic E-state index is 0.0255. The van der Waals surface area contributed by atoms with E-state index in [1.165, 1.54) is 24.3 Å². The summed E-state index contributed by atoms with van der Waals surface area (Å²) in [5, 5.41) is 28.7. The first-order valence-corrected chi connectivity index (χ1v) is 8.41. The number of nitrogens with zero attached hydrogens (tertiary/aromatic N) is 5. The van der Waals surface area contributed by atoms with Crippen molar-refractivity contribution in [3.63, 3.8) is 0 Å². The van der Waals surface area contributed by atoms with Gasteiger partial charge in [0.2, 0.25) is 5.16 Å². The maximum atomic E-state index is 12.9. The predicted molar refractivity (Wildman–Crippen MR) is 84.3 cm³/mol. The van der Waals surface area contributed by atoms with Gasteiger partial charge in [0.15, 0.2) is 10.0 Å². The molecule has 0 aliphatic heterocycles. The van der Waals surface area contributed by atoms with Crippen molar-refractivity contribution in [2.75, 3.05) is 0 Å². The van der Waals surface area contributed by atoms with Crippen LogP contribution in [0.2, 0.25) is 0 Å². The minimum Gasteiger partial charge on any atom is -0.478 e. The summed E-state index contributed by atoms with van der Waals surface area (Å²) < 4.78 is 39.7. The summed E-state index contributed by atoms with van der Waals surface area (Å²) >= 11 is 0.998. The number of carboxylic acid groups (broad SMARTS) is 2. The summed E-state index contributed by atoms with van der Waals surface area (Å²) in [6, 6.07) is 5.44. The Hall–Kier alpha value is -3.00. The van der Waals surface area contributed by atoms with Crippen LogP contribution in [0.5, 0.6) is 0 Å². The Kier molecular flexibility index (Phi) is 4.84. The van der Waals surface area contributed by atoms with Gasteiger partial charge >= 0.3 is 18.1 Å². The molecule has 2 N–H and O–H groups in total. The molecule has 9 nitrogen and oxygen atoms in total. The quantitative estimate of drug-likeness (QED) is 0.643. The van der Waals surface area contributed by atoms with Crippen LogP contribution in [-0.4, -0.2) is 47.3 Å². The van der Waals surface area contributed by atoms with Gasteiger partial charge in [-0.3, -0.25) is 0 Å². The van der Waals surface area contributed by atoms with E-state index in [-0.39, 0.29) is 15.1 Å². The van der Waals surface area contributed by atoms with Crippen LogP contribution < -0.4 is 0 Å². The second kappa shape index (κ2) is 6.96. The van der Waals surface area contributed by atoms with Crippen LogP contribution in [0.1, 0.15) is 25.7 Å². The van der Waals surface area contributed by atoms with Crippen molar-refractivity contribution < 1.29 is 33.0 Å². The lowest BCUT2D eigenvalue weighted by Crippen LogP contribution is -2.11. The zero-order chi connectivity index (χ0) is 19.8. The Bertz CT molecular complexity index is 1020. The minimum atomic E-state index is -4.92. The molecule has 3 rings (SSSR count). The van der Waals surface area contributed by atoms with E-state index in [0.29, 0.717) is 28.8 Å². The smallest absolute Gasteiger partial charge is 0.435 e. The molecular weight excluding hydrogens is 411 g/mol. The fourth-order valence-corrected chi connectivity index (χ4v) is 3.81. The van der Waals surface area contributed by atoms with Crippen LogP contribution in [-0.2, 0) is 6.18 Å². The zero-order valence-corrected chi connectivity index (χ0v) is 14.3. The molecule has 0 radical (unpaired) electrons. The molecule has 0 bridgehead atoms. The van der Waals surface area contributed by atoms with Crippen molar-refractivity contribution in [1.29, 1.82) is 0 Å². The number of hydrogen-bond donors (Lipinski definition) is 2. The number of rotatable bonds is 5. The Labute approximate surface area is 155 Å². The highest BCUT2D eigenvalue weighted by Gasteiger charge is 2.40. The van der Waals surface area contributed by atoms with Crippen LogP contribution in [0, 0.1) is 0 Å². The van der Waals surface area contributed by atoms with Gasteiger partial charge in [-0.25, -0.2) is 14.6 Å². The number of carboxylic acids is 2. The van der Waals surface area contributed by atoms with E-state index in [0.717, 1.165) is 4.68 Å². The highest BCUT2D eigenvalue weighted by Crippen LogP contribution is 2.39. The maximum Gasteiger partial charge on any atom is 0.435 e. The second-order valence-electron chi connectivity index (χ2n) is 4.79. The van der Waals surface area contributed by atoms with Crippen LogP contribution in [0.15, 0.2) is 33.8 Å². The van der Waals surface area contributed by atoms with Crippen molar-refractivity contribution in [1.82, 2.24) is 25.2 Å². The van der Waals surface area contributed by atoms with E-state index in [4.69, 9.17) is 10.2 Å². The fourth-order valence-electron chi connectivity index (χ4n) is 1.91. The van der Waals surface area contributed by atoms with Gasteiger partial charge in [-0.2, -0.15) is 17.9 Å². The number of carbonyl (C=O) groups is 2. The molecule has 0 unspecified atom stereocenters. The molecule has 3 aromatic rings. The molecule has 0 saturated carbocycles. The molecule has 2 aromatic heterocycles. The fraction of sp³-hybridized carbons (Fsp3) is 0.0769. The van der Waals surface area contributed by atoms with Crippen molar-refractivity contribution in [3.05, 3.63) is 40.4 Å². The molecular formula is C13H6F3N5O4S2. The van der Waals surface area contributed by atoms with Crippen molar-refractivity contribution in [2.24, 2.45) is 0 Å². The van der Waals surface area contributed by atoms with Crippen LogP contribution in [0.25, 0.3) is 5.69 Å². The van der Waals surface area contributed by atoms with Crippen molar-refractivity contribution >= 4 is 35.0 Å². The van der Waals surface area contributed by atoms with Gasteiger partial charge in [0.05, 0.1) is 11.3 Å². The van der Waals surface area contributed by atoms with E-state index >= 15 is 0 Å². The molecule has 140 valence electrons. The molecule has 0 saturated heterocycles. The average molecular weight is 417 g/mol. The van der Waals surface area contributed by atoms with E-state index in [9.17, 15) is 22.8 Å². The summed E-state index contributed by atoms with van der Waals surface area (Å²) in [4.78, 5) is 24.3. The van der Waals surface area contributed by atoms with Crippen molar-refractivity contribution in [2.45, 2.75) is 15.7 Å². The van der Waals surface area contributed by atoms with E-state index in [1.54, 1.807) is 0 Å². The third-order valence-corrected chi connectivity index (χ3v) is 5.09. The molecule has 0 aliphatic rings. The maximum absolute atomic E-state index is 12.9. The molecule has 14 heteroatoms. The summed E-state index contributed by atoms with van der Waals surface area (Å²) in [6.07, 6.45) is -4.92. The van der Waals surface area contributed by atoms with Gasteiger partial charge in [0, 0.05) is 0 Å². The number of tetrazole rings is 1. The zero-order valence-electron chi connectivity index (χ0n) is 12.7. The van der Waals surface area contributed by atoms with E-state index < -0.39 is 28.7 Å². The highest BCUT2D eigenvalue weighted by molar-refractivity contribution is 8.00. The number of hydrogen-bond acceptors (Lipinski definition) is 8. The van der Waals surface area contributed by atoms with Crippen LogP contribution >= 0.6 is 23.1 Å². The van der Waals surface area contributed by atoms with Gasteiger partial charge in [-0.1, -0.05) is 11.3 Å². The van der Waals surface area contributed by atoms with Gasteiger partial charge in [0.25, 0.3) is 0 Å². The summed E-state index contributed by atoms with van der Waals surface area (Å²) in [5.41, 5.74) is -1.10. The number of alkyl halides is 3. The third-order valence-electron chi connectivity index (χ3n) is 3.05. The summed E-state index contributed by atoms with van der Waals surface area (Å²) in [6.45, 7) is 0. The number of benzene rings is 1. The Morgan fingerprint density at radius 1 is 1.11 bits per heavy atom. The lowest BCUT2D eigenvalue weighted by Gasteiger charge is -2.03. The highest BCUT2D eigenvalue weighted by atomic mass is 32.2. The SMILES string of the molecule is O=C(O)c1ccc(-n2nnnc2Sc2nc(C(F)(F)F)c(C(=O)O)s2)cc1. The first kappa shape index (κ1) is 18.8. The van der Waals surface area contributed by atoms with Gasteiger partial charge in [-0.05, 0) is 46.5 Å². The standard InChI is InChI=1S/C13H6F3N5O4S2/c14-13(15,16)8-7(10(24)25)26-12(17-8)27-11-18-19-20-21(11)6-3-1-5(2-4-6)9(22)23/h1-4H,(H,22,23)(H,24,25). The first-order chi connectivity index (χ1) is 12.7. The predicted octanol–water partition coefficient (Wildman–Crippen LogP) is 2.69. The lowest BCUT2D eigenvalue weighted by molar-refractivity contribution is -0.141. The molecule has 0 fully saturated rings. The van der Waals surface area contributed by atoms with Crippen LogP contribution in [0.4, 0.5) is 13.2 Å². The van der Waals surface area contributed by atoms with Crippen molar-refractivity contribution in [3.8, 4) is 5.69 Å². The molecule has 1 aromatic carbocycles. The van der Waals surface area contributed by atoms with E-state index in [2.05, 4.69) is 20.5 Å². The summed E-state index contributed by atoms with van der Waals surface area (Å²) in [7, 11) is 0. The monoisotopic (exact) mass is 417 g/mol. The largest absolute Gasteiger partial charge is 0.478 e. The number of aromatic carboxylic acids is 2. The van der Waals surface area contributed by atoms with Crippen LogP contribution in [0.3, 0.4) is 0 Å².